The predicted octanol–water partition coefficient (Wildman–Crippen LogP) is 3.87. The van der Waals surface area contributed by atoms with Crippen molar-refractivity contribution in [3.05, 3.63) is 35.9 Å². The lowest BCUT2D eigenvalue weighted by molar-refractivity contribution is -0.122. The van der Waals surface area contributed by atoms with E-state index in [0.717, 1.165) is 11.3 Å². The topological polar surface area (TPSA) is 20.3 Å². The van der Waals surface area contributed by atoms with E-state index in [2.05, 4.69) is 32.9 Å². The van der Waals surface area contributed by atoms with Crippen molar-refractivity contribution >= 4 is 17.2 Å². The third-order valence-electron chi connectivity index (χ3n) is 3.43. The fraction of sp³-hybridized carbons (Fsp3) is 0.438. The van der Waals surface area contributed by atoms with Crippen LogP contribution < -0.4 is 4.90 Å². The summed E-state index contributed by atoms with van der Waals surface area (Å²) in [5.41, 5.74) is 3.16. The summed E-state index contributed by atoms with van der Waals surface area (Å²) in [7, 11) is 0. The average molecular weight is 243 g/mol. The molecule has 0 radical (unpaired) electrons. The van der Waals surface area contributed by atoms with Gasteiger partial charge in [0.25, 0.3) is 0 Å². The van der Waals surface area contributed by atoms with Gasteiger partial charge in [0.1, 0.15) is 0 Å². The zero-order valence-corrected chi connectivity index (χ0v) is 11.8. The second-order valence-electron chi connectivity index (χ2n) is 5.83. The summed E-state index contributed by atoms with van der Waals surface area (Å²) in [5, 5.41) is 0. The maximum atomic E-state index is 12.5. The molecule has 1 aliphatic heterocycles. The van der Waals surface area contributed by atoms with Gasteiger partial charge in [-0.3, -0.25) is 4.79 Å². The molecule has 0 unspecified atom stereocenters. The first-order chi connectivity index (χ1) is 8.34. The van der Waals surface area contributed by atoms with Gasteiger partial charge in [-0.1, -0.05) is 38.1 Å². The van der Waals surface area contributed by atoms with E-state index in [-0.39, 0.29) is 17.4 Å². The van der Waals surface area contributed by atoms with E-state index < -0.39 is 0 Å². The normalized spacial score (nSPS) is 17.4. The molecule has 2 nitrogen and oxygen atoms in total. The second kappa shape index (κ2) is 4.27. The first-order valence-electron chi connectivity index (χ1n) is 6.47. The van der Waals surface area contributed by atoms with Crippen LogP contribution in [-0.2, 0) is 4.79 Å². The highest BCUT2D eigenvalue weighted by molar-refractivity contribution is 6.01. The SMILES string of the molecule is CC1=CC(C)(C)N(C(=O)C(C)C)c2ccccc21. The van der Waals surface area contributed by atoms with E-state index in [4.69, 9.17) is 0 Å². The van der Waals surface area contributed by atoms with Crippen molar-refractivity contribution in [1.82, 2.24) is 0 Å². The Hall–Kier alpha value is -1.57. The van der Waals surface area contributed by atoms with Crippen LogP contribution in [-0.4, -0.2) is 11.4 Å². The lowest BCUT2D eigenvalue weighted by Gasteiger charge is -2.42. The minimum atomic E-state index is -0.264. The van der Waals surface area contributed by atoms with Crippen molar-refractivity contribution < 1.29 is 4.79 Å². The van der Waals surface area contributed by atoms with Crippen LogP contribution in [0.4, 0.5) is 5.69 Å². The van der Waals surface area contributed by atoms with Crippen LogP contribution in [0.2, 0.25) is 0 Å². The molecule has 0 saturated heterocycles. The maximum Gasteiger partial charge on any atom is 0.230 e. The first-order valence-corrected chi connectivity index (χ1v) is 6.47. The van der Waals surface area contributed by atoms with Crippen LogP contribution in [0.25, 0.3) is 5.57 Å². The van der Waals surface area contributed by atoms with Crippen LogP contribution in [0, 0.1) is 5.92 Å². The number of fused-ring (bicyclic) bond motifs is 1. The molecule has 0 spiro atoms. The summed E-state index contributed by atoms with van der Waals surface area (Å²) >= 11 is 0. The van der Waals surface area contributed by atoms with Crippen LogP contribution in [0.15, 0.2) is 30.3 Å². The van der Waals surface area contributed by atoms with Crippen LogP contribution in [0.1, 0.15) is 40.2 Å². The summed E-state index contributed by atoms with van der Waals surface area (Å²) in [6, 6.07) is 8.13. The van der Waals surface area contributed by atoms with Gasteiger partial charge in [0.05, 0.1) is 11.2 Å². The van der Waals surface area contributed by atoms with Crippen LogP contribution >= 0.6 is 0 Å². The largest absolute Gasteiger partial charge is 0.303 e. The molecule has 0 saturated carbocycles. The molecular formula is C16H21NO. The quantitative estimate of drug-likeness (QED) is 0.733. The molecular weight excluding hydrogens is 222 g/mol. The molecule has 0 bridgehead atoms. The number of allylic oxidation sites excluding steroid dienone is 1. The molecule has 1 aromatic carbocycles. The van der Waals surface area contributed by atoms with Gasteiger partial charge in [-0.05, 0) is 32.4 Å². The van der Waals surface area contributed by atoms with Crippen molar-refractivity contribution in [2.75, 3.05) is 4.90 Å². The van der Waals surface area contributed by atoms with Crippen molar-refractivity contribution in [2.24, 2.45) is 5.92 Å². The molecule has 0 N–H and O–H groups in total. The molecule has 0 atom stereocenters. The predicted molar refractivity (Wildman–Crippen MR) is 76.5 cm³/mol. The molecule has 18 heavy (non-hydrogen) atoms. The van der Waals surface area contributed by atoms with Gasteiger partial charge < -0.3 is 4.90 Å². The maximum absolute atomic E-state index is 12.5. The minimum Gasteiger partial charge on any atom is -0.303 e. The second-order valence-corrected chi connectivity index (χ2v) is 5.83. The summed E-state index contributed by atoms with van der Waals surface area (Å²) in [6.07, 6.45) is 2.18. The highest BCUT2D eigenvalue weighted by atomic mass is 16.2. The number of carbonyl (C=O) groups excluding carboxylic acids is 1. The van der Waals surface area contributed by atoms with Crippen molar-refractivity contribution in [1.29, 1.82) is 0 Å². The Balaban J connectivity index is 2.61. The Morgan fingerprint density at radius 2 is 1.83 bits per heavy atom. The Morgan fingerprint density at radius 3 is 2.44 bits per heavy atom. The molecule has 1 aliphatic rings. The summed E-state index contributed by atoms with van der Waals surface area (Å²) in [6.45, 7) is 10.2. The summed E-state index contributed by atoms with van der Waals surface area (Å²) in [4.78, 5) is 14.4. The molecule has 0 aromatic heterocycles. The Kier molecular flexibility index (Phi) is 3.05. The Labute approximate surface area is 109 Å². The van der Waals surface area contributed by atoms with Crippen molar-refractivity contribution in [2.45, 2.75) is 40.2 Å². The molecule has 1 heterocycles. The van der Waals surface area contributed by atoms with Gasteiger partial charge in [0.15, 0.2) is 0 Å². The van der Waals surface area contributed by atoms with Crippen molar-refractivity contribution in [3.63, 3.8) is 0 Å². The van der Waals surface area contributed by atoms with Gasteiger partial charge in [0, 0.05) is 11.5 Å². The number of amides is 1. The van der Waals surface area contributed by atoms with E-state index in [9.17, 15) is 4.79 Å². The standard InChI is InChI=1S/C16H21NO/c1-11(2)15(18)17-14-9-7-6-8-13(14)12(3)10-16(17,4)5/h6-11H,1-5H3. The van der Waals surface area contributed by atoms with E-state index >= 15 is 0 Å². The fourth-order valence-corrected chi connectivity index (χ4v) is 2.65. The number of anilines is 1. The summed E-state index contributed by atoms with van der Waals surface area (Å²) in [5.74, 6) is 0.181. The number of para-hydroxylation sites is 1. The molecule has 1 aromatic rings. The van der Waals surface area contributed by atoms with E-state index in [1.54, 1.807) is 0 Å². The summed E-state index contributed by atoms with van der Waals surface area (Å²) < 4.78 is 0. The third-order valence-corrected chi connectivity index (χ3v) is 3.43. The third kappa shape index (κ3) is 1.96. The average Bonchev–Trinajstić information content (AvgIpc) is 2.27. The van der Waals surface area contributed by atoms with Crippen molar-refractivity contribution in [3.8, 4) is 0 Å². The molecule has 0 aliphatic carbocycles. The monoisotopic (exact) mass is 243 g/mol. The smallest absolute Gasteiger partial charge is 0.230 e. The fourth-order valence-electron chi connectivity index (χ4n) is 2.65. The molecule has 1 amide bonds. The Bertz CT molecular complexity index is 512. The number of rotatable bonds is 1. The van der Waals surface area contributed by atoms with Gasteiger partial charge in [-0.15, -0.1) is 0 Å². The molecule has 2 rings (SSSR count). The number of benzene rings is 1. The number of nitrogens with zero attached hydrogens (tertiary/aromatic N) is 1. The van der Waals surface area contributed by atoms with Gasteiger partial charge >= 0.3 is 0 Å². The Morgan fingerprint density at radius 1 is 1.22 bits per heavy atom. The van der Waals surface area contributed by atoms with Gasteiger partial charge in [-0.2, -0.15) is 0 Å². The molecule has 2 heteroatoms. The highest BCUT2D eigenvalue weighted by Gasteiger charge is 2.36. The van der Waals surface area contributed by atoms with Crippen LogP contribution in [0.5, 0.6) is 0 Å². The lowest BCUT2D eigenvalue weighted by atomic mass is 9.88. The molecule has 0 fully saturated rings. The van der Waals surface area contributed by atoms with Gasteiger partial charge in [0.2, 0.25) is 5.91 Å². The van der Waals surface area contributed by atoms with Gasteiger partial charge in [-0.25, -0.2) is 0 Å². The highest BCUT2D eigenvalue weighted by Crippen LogP contribution is 2.39. The minimum absolute atomic E-state index is 0.00383. The number of hydrogen-bond donors (Lipinski definition) is 0. The zero-order chi connectivity index (χ0) is 13.5. The zero-order valence-electron chi connectivity index (χ0n) is 11.8. The lowest BCUT2D eigenvalue weighted by Crippen LogP contribution is -2.50. The number of hydrogen-bond acceptors (Lipinski definition) is 1. The van der Waals surface area contributed by atoms with E-state index in [1.807, 2.05) is 36.9 Å². The van der Waals surface area contributed by atoms with E-state index in [1.165, 1.54) is 5.57 Å². The number of carbonyl (C=O) groups is 1. The molecule has 96 valence electrons. The van der Waals surface area contributed by atoms with Crippen LogP contribution in [0.3, 0.4) is 0 Å². The van der Waals surface area contributed by atoms with E-state index in [0.29, 0.717) is 0 Å². The first kappa shape index (κ1) is 12.9.